The van der Waals surface area contributed by atoms with Crippen LogP contribution in [-0.2, 0) is 15.4 Å². The van der Waals surface area contributed by atoms with E-state index >= 15 is 0 Å². The van der Waals surface area contributed by atoms with Crippen LogP contribution in [0.1, 0.15) is 43.7 Å². The number of aromatic nitrogens is 1. The molecule has 1 aromatic heterocycles. The number of fused-ring (bicyclic) bond motifs is 1. The van der Waals surface area contributed by atoms with Crippen LogP contribution in [0.5, 0.6) is 0 Å². The van der Waals surface area contributed by atoms with Gasteiger partial charge in [0.15, 0.2) is 0 Å². The first-order valence-electron chi connectivity index (χ1n) is 11.8. The minimum Gasteiger partial charge on any atom is -0.394 e. The first-order valence-corrected chi connectivity index (χ1v) is 13.2. The maximum Gasteiger partial charge on any atom is 0.268 e. The summed E-state index contributed by atoms with van der Waals surface area (Å²) in [7, 11) is -3.88. The predicted octanol–water partition coefficient (Wildman–Crippen LogP) is 5.04. The number of hydrogen-bond donors (Lipinski definition) is 4. The molecule has 0 radical (unpaired) electrons. The summed E-state index contributed by atoms with van der Waals surface area (Å²) in [4.78, 5) is 16.2. The van der Waals surface area contributed by atoms with Crippen molar-refractivity contribution in [2.24, 2.45) is 0 Å². The van der Waals surface area contributed by atoms with Gasteiger partial charge in [0.2, 0.25) is 0 Å². The third-order valence-corrected chi connectivity index (χ3v) is 7.40. The highest BCUT2D eigenvalue weighted by Crippen LogP contribution is 2.34. The summed E-state index contributed by atoms with van der Waals surface area (Å²) in [6.07, 6.45) is 0. The lowest BCUT2D eigenvalue weighted by Crippen LogP contribution is -2.35. The first-order chi connectivity index (χ1) is 17.0. The fourth-order valence-electron chi connectivity index (χ4n) is 4.01. The number of anilines is 1. The molecule has 0 aliphatic carbocycles. The van der Waals surface area contributed by atoms with Crippen LogP contribution in [0.3, 0.4) is 0 Å². The van der Waals surface area contributed by atoms with Crippen molar-refractivity contribution >= 4 is 32.5 Å². The van der Waals surface area contributed by atoms with Crippen molar-refractivity contribution in [2.75, 3.05) is 11.3 Å². The Morgan fingerprint density at radius 3 is 2.28 bits per heavy atom. The van der Waals surface area contributed by atoms with Gasteiger partial charge in [0.25, 0.3) is 15.9 Å². The quantitative estimate of drug-likeness (QED) is 0.282. The van der Waals surface area contributed by atoms with Crippen molar-refractivity contribution in [3.05, 3.63) is 84.1 Å². The lowest BCUT2D eigenvalue weighted by molar-refractivity contribution is 0.0918. The van der Waals surface area contributed by atoms with Crippen molar-refractivity contribution in [2.45, 2.75) is 44.0 Å². The number of nitrogens with one attached hydrogen (secondary N) is 3. The normalized spacial score (nSPS) is 12.9. The Morgan fingerprint density at radius 1 is 1.00 bits per heavy atom. The molecule has 0 saturated carbocycles. The molecule has 0 spiro atoms. The first kappa shape index (κ1) is 25.5. The molecule has 1 unspecified atom stereocenters. The van der Waals surface area contributed by atoms with Crippen LogP contribution < -0.4 is 10.0 Å². The molecule has 4 aromatic rings. The number of hydrogen-bond acceptors (Lipinski definition) is 4. The van der Waals surface area contributed by atoms with E-state index in [9.17, 15) is 18.3 Å². The van der Waals surface area contributed by atoms with E-state index in [1.807, 2.05) is 42.5 Å². The van der Waals surface area contributed by atoms with Gasteiger partial charge in [0.1, 0.15) is 5.69 Å². The lowest BCUT2D eigenvalue weighted by Gasteiger charge is -2.19. The van der Waals surface area contributed by atoms with Crippen LogP contribution in [0.2, 0.25) is 0 Å². The Morgan fingerprint density at radius 2 is 1.67 bits per heavy atom. The van der Waals surface area contributed by atoms with Crippen LogP contribution in [0.25, 0.3) is 22.0 Å². The third kappa shape index (κ3) is 5.29. The summed E-state index contributed by atoms with van der Waals surface area (Å²) in [5.74, 6) is -0.381. The fraction of sp³-hybridized carbons (Fsp3) is 0.250. The molecule has 1 heterocycles. The van der Waals surface area contributed by atoms with Crippen LogP contribution in [0.4, 0.5) is 5.69 Å². The van der Waals surface area contributed by atoms with Crippen molar-refractivity contribution in [3.8, 4) is 11.1 Å². The zero-order valence-corrected chi connectivity index (χ0v) is 21.6. The molecule has 0 aliphatic rings. The fourth-order valence-corrected chi connectivity index (χ4v) is 5.09. The summed E-state index contributed by atoms with van der Waals surface area (Å²) in [5, 5.41) is 12.7. The number of carbonyl (C=O) groups excluding carboxylic acids is 1. The number of sulfonamides is 1. The van der Waals surface area contributed by atoms with Gasteiger partial charge in [-0.25, -0.2) is 8.42 Å². The molecule has 36 heavy (non-hydrogen) atoms. The molecular weight excluding hydrogens is 474 g/mol. The molecule has 0 saturated heterocycles. The van der Waals surface area contributed by atoms with E-state index in [4.69, 9.17) is 0 Å². The van der Waals surface area contributed by atoms with Crippen LogP contribution >= 0.6 is 0 Å². The molecule has 8 heteroatoms. The average molecular weight is 506 g/mol. The van der Waals surface area contributed by atoms with Gasteiger partial charge in [-0.1, -0.05) is 63.2 Å². The molecule has 0 aliphatic heterocycles. The highest BCUT2D eigenvalue weighted by molar-refractivity contribution is 7.92. The Bertz CT molecular complexity index is 1490. The number of rotatable bonds is 7. The van der Waals surface area contributed by atoms with E-state index in [0.29, 0.717) is 27.8 Å². The summed E-state index contributed by atoms with van der Waals surface area (Å²) in [5.41, 5.74) is 3.84. The number of benzene rings is 3. The van der Waals surface area contributed by atoms with Gasteiger partial charge >= 0.3 is 0 Å². The Kier molecular flexibility index (Phi) is 6.93. The molecule has 188 valence electrons. The van der Waals surface area contributed by atoms with Crippen molar-refractivity contribution in [3.63, 3.8) is 0 Å². The molecule has 1 atom stereocenters. The number of aliphatic hydroxyl groups excluding tert-OH is 1. The Balaban J connectivity index is 1.76. The lowest BCUT2D eigenvalue weighted by atomic mass is 9.87. The molecule has 3 aromatic carbocycles. The van der Waals surface area contributed by atoms with Gasteiger partial charge < -0.3 is 15.4 Å². The van der Waals surface area contributed by atoms with E-state index in [1.165, 1.54) is 6.07 Å². The van der Waals surface area contributed by atoms with E-state index < -0.39 is 16.1 Å². The number of amides is 1. The molecule has 0 bridgehead atoms. The minimum absolute atomic E-state index is 0.0382. The van der Waals surface area contributed by atoms with E-state index in [1.54, 1.807) is 31.2 Å². The van der Waals surface area contributed by atoms with E-state index in [0.717, 1.165) is 11.1 Å². The second-order valence-corrected chi connectivity index (χ2v) is 11.6. The van der Waals surface area contributed by atoms with Gasteiger partial charge in [-0.15, -0.1) is 0 Å². The topological polar surface area (TPSA) is 111 Å². The summed E-state index contributed by atoms with van der Waals surface area (Å²) < 4.78 is 29.2. The van der Waals surface area contributed by atoms with Crippen LogP contribution in [0, 0.1) is 0 Å². The van der Waals surface area contributed by atoms with Crippen molar-refractivity contribution in [1.29, 1.82) is 0 Å². The van der Waals surface area contributed by atoms with Gasteiger partial charge in [0.05, 0.1) is 11.5 Å². The molecule has 4 N–H and O–H groups in total. The van der Waals surface area contributed by atoms with Crippen LogP contribution in [-0.4, -0.2) is 37.1 Å². The van der Waals surface area contributed by atoms with E-state index in [2.05, 4.69) is 35.8 Å². The summed E-state index contributed by atoms with van der Waals surface area (Å²) in [6, 6.07) is 21.0. The number of aromatic amines is 1. The maximum absolute atomic E-state index is 13.3. The smallest absolute Gasteiger partial charge is 0.268 e. The van der Waals surface area contributed by atoms with Gasteiger partial charge in [-0.2, -0.15) is 0 Å². The molecule has 4 rings (SSSR count). The van der Waals surface area contributed by atoms with Crippen molar-refractivity contribution in [1.82, 2.24) is 10.3 Å². The van der Waals surface area contributed by atoms with Gasteiger partial charge in [-0.05, 0) is 53.8 Å². The highest BCUT2D eigenvalue weighted by atomic mass is 32.2. The third-order valence-electron chi connectivity index (χ3n) is 6.02. The molecule has 0 fully saturated rings. The maximum atomic E-state index is 13.3. The standard InChI is InChI=1S/C28H31N3O4S/c1-18(17-32)29-27(33)26-25(19-8-6-5-7-9-19)23-16-22(14-15-24(23)30-26)36(34,35)31-21-12-10-20(11-13-21)28(2,3)4/h5-16,18,30-32H,17H2,1-4H3,(H,29,33). The highest BCUT2D eigenvalue weighted by Gasteiger charge is 2.23. The molecular formula is C28H31N3O4S. The predicted molar refractivity (Wildman–Crippen MR) is 144 cm³/mol. The molecule has 7 nitrogen and oxygen atoms in total. The zero-order chi connectivity index (χ0) is 26.1. The Hall–Kier alpha value is -3.62. The average Bonchev–Trinajstić information content (AvgIpc) is 3.23. The monoisotopic (exact) mass is 505 g/mol. The zero-order valence-electron chi connectivity index (χ0n) is 20.8. The Labute approximate surface area is 211 Å². The van der Waals surface area contributed by atoms with Crippen molar-refractivity contribution < 1.29 is 18.3 Å². The summed E-state index contributed by atoms with van der Waals surface area (Å²) >= 11 is 0. The van der Waals surface area contributed by atoms with Crippen LogP contribution in [0.15, 0.2) is 77.7 Å². The number of carbonyl (C=O) groups is 1. The number of H-pyrrole nitrogens is 1. The number of aliphatic hydroxyl groups is 1. The second-order valence-electron chi connectivity index (χ2n) is 9.94. The molecule has 1 amide bonds. The van der Waals surface area contributed by atoms with Gasteiger partial charge in [-0.3, -0.25) is 9.52 Å². The van der Waals surface area contributed by atoms with E-state index in [-0.39, 0.29) is 22.8 Å². The second kappa shape index (κ2) is 9.79. The minimum atomic E-state index is -3.88. The largest absolute Gasteiger partial charge is 0.394 e. The summed E-state index contributed by atoms with van der Waals surface area (Å²) in [6.45, 7) is 7.80. The SMILES string of the molecule is CC(CO)NC(=O)c1[nH]c2ccc(S(=O)(=O)Nc3ccc(C(C)(C)C)cc3)cc2c1-c1ccccc1. The van der Waals surface area contributed by atoms with Gasteiger partial charge in [0, 0.05) is 28.2 Å².